The fourth-order valence-corrected chi connectivity index (χ4v) is 3.05. The quantitative estimate of drug-likeness (QED) is 0.555. The van der Waals surface area contributed by atoms with Crippen molar-refractivity contribution in [2.45, 2.75) is 18.3 Å². The minimum absolute atomic E-state index is 0.0770. The van der Waals surface area contributed by atoms with Crippen LogP contribution < -0.4 is 8.92 Å². The first-order chi connectivity index (χ1) is 13.5. The van der Waals surface area contributed by atoms with Crippen LogP contribution in [0.25, 0.3) is 11.1 Å². The largest absolute Gasteiger partial charge is 0.534 e. The second-order valence-corrected chi connectivity index (χ2v) is 7.19. The van der Waals surface area contributed by atoms with Crippen molar-refractivity contribution in [2.75, 3.05) is 7.11 Å². The monoisotopic (exact) mass is 426 g/mol. The van der Waals surface area contributed by atoms with Gasteiger partial charge in [0.05, 0.1) is 32.1 Å². The van der Waals surface area contributed by atoms with Crippen molar-refractivity contribution in [1.29, 1.82) is 10.5 Å². The van der Waals surface area contributed by atoms with E-state index < -0.39 is 27.1 Å². The van der Waals surface area contributed by atoms with E-state index >= 15 is 0 Å². The first-order valence-electron chi connectivity index (χ1n) is 7.82. The number of nitriles is 2. The number of rotatable bonds is 6. The molecule has 11 heteroatoms. The van der Waals surface area contributed by atoms with E-state index in [0.29, 0.717) is 22.4 Å². The molecule has 0 fully saturated rings. The van der Waals surface area contributed by atoms with E-state index in [1.54, 1.807) is 12.1 Å². The van der Waals surface area contributed by atoms with Crippen molar-refractivity contribution in [3.63, 3.8) is 0 Å². The van der Waals surface area contributed by atoms with Crippen LogP contribution in [0, 0.1) is 22.7 Å². The molecule has 0 aliphatic carbocycles. The lowest BCUT2D eigenvalue weighted by Crippen LogP contribution is -2.28. The lowest BCUT2D eigenvalue weighted by Gasteiger charge is -2.16. The third-order valence-electron chi connectivity index (χ3n) is 3.78. The molecule has 0 atom stereocenters. The number of benzene rings is 2. The summed E-state index contributed by atoms with van der Waals surface area (Å²) in [6, 6.07) is 10.1. The fourth-order valence-electron chi connectivity index (χ4n) is 2.58. The second-order valence-electron chi connectivity index (χ2n) is 5.66. The molecule has 2 aromatic rings. The van der Waals surface area contributed by atoms with Gasteiger partial charge in [-0.3, -0.25) is 0 Å². The lowest BCUT2D eigenvalue weighted by molar-refractivity contribution is -0.0500. The highest BCUT2D eigenvalue weighted by Crippen LogP contribution is 2.38. The number of hydrogen-bond donors (Lipinski definition) is 1. The van der Waals surface area contributed by atoms with Crippen LogP contribution in [0.2, 0.25) is 0 Å². The van der Waals surface area contributed by atoms with Gasteiger partial charge in [0, 0.05) is 0 Å². The molecule has 152 valence electrons. The Morgan fingerprint density at radius 1 is 1.07 bits per heavy atom. The molecule has 2 rings (SSSR count). The molecule has 0 unspecified atom stereocenters. The van der Waals surface area contributed by atoms with Gasteiger partial charge in [0.15, 0.2) is 11.5 Å². The molecule has 0 saturated carbocycles. The summed E-state index contributed by atoms with van der Waals surface area (Å²) < 4.78 is 68.8. The van der Waals surface area contributed by atoms with E-state index in [-0.39, 0.29) is 18.4 Å². The number of methoxy groups -OCH3 is 1. The summed E-state index contributed by atoms with van der Waals surface area (Å²) in [5, 5.41) is 28.2. The van der Waals surface area contributed by atoms with Crippen molar-refractivity contribution in [2.24, 2.45) is 0 Å². The number of phenolic OH excluding ortho intramolecular Hbond substituents is 1. The van der Waals surface area contributed by atoms with Crippen LogP contribution in [0.3, 0.4) is 0 Å². The molecule has 0 aliphatic rings. The molecule has 0 heterocycles. The zero-order chi connectivity index (χ0) is 21.8. The molecule has 0 bridgehead atoms. The van der Waals surface area contributed by atoms with Gasteiger partial charge in [-0.25, -0.2) is 0 Å². The Kier molecular flexibility index (Phi) is 6.25. The number of ether oxygens (including phenoxy) is 1. The van der Waals surface area contributed by atoms with Crippen molar-refractivity contribution in [3.05, 3.63) is 41.5 Å². The Balaban J connectivity index is 2.60. The molecule has 0 radical (unpaired) electrons. The standard InChI is InChI=1S/C18H13F3N2O5S/c1-27-14-8-12(4-6-22)17(13(9-14)5-7-23)11-2-3-16(15(24)10-11)28-29(25,26)18(19,20)21/h2-3,8-10,24H,4-5H2,1H3. The average Bonchev–Trinajstić information content (AvgIpc) is 2.63. The topological polar surface area (TPSA) is 120 Å². The number of nitrogens with zero attached hydrogens (tertiary/aromatic N) is 2. The van der Waals surface area contributed by atoms with Crippen molar-refractivity contribution in [3.8, 4) is 40.5 Å². The van der Waals surface area contributed by atoms with Gasteiger partial charge < -0.3 is 14.0 Å². The molecule has 0 amide bonds. The van der Waals surface area contributed by atoms with E-state index in [4.69, 9.17) is 15.3 Å². The van der Waals surface area contributed by atoms with Gasteiger partial charge in [0.2, 0.25) is 0 Å². The fraction of sp³-hybridized carbons (Fsp3) is 0.222. The maximum absolute atomic E-state index is 12.5. The van der Waals surface area contributed by atoms with Crippen molar-refractivity contribution >= 4 is 10.1 Å². The van der Waals surface area contributed by atoms with Gasteiger partial charge in [-0.15, -0.1) is 0 Å². The summed E-state index contributed by atoms with van der Waals surface area (Å²) in [6.07, 6.45) is -0.154. The van der Waals surface area contributed by atoms with Crippen molar-refractivity contribution in [1.82, 2.24) is 0 Å². The zero-order valence-corrected chi connectivity index (χ0v) is 15.6. The zero-order valence-electron chi connectivity index (χ0n) is 14.8. The van der Waals surface area contributed by atoms with Crippen LogP contribution in [0.5, 0.6) is 17.2 Å². The first-order valence-corrected chi connectivity index (χ1v) is 9.22. The molecule has 0 aliphatic heterocycles. The summed E-state index contributed by atoms with van der Waals surface area (Å²) in [5.41, 5.74) is -4.11. The second kappa shape index (κ2) is 8.29. The Hall–Kier alpha value is -3.44. The number of aromatic hydroxyl groups is 1. The number of alkyl halides is 3. The van der Waals surface area contributed by atoms with Crippen LogP contribution in [-0.2, 0) is 23.0 Å². The molecule has 0 aromatic heterocycles. The minimum Gasteiger partial charge on any atom is -0.504 e. The van der Waals surface area contributed by atoms with Gasteiger partial charge in [-0.1, -0.05) is 6.07 Å². The normalized spacial score (nSPS) is 11.4. The molecular formula is C18H13F3N2O5S. The predicted molar refractivity (Wildman–Crippen MR) is 94.3 cm³/mol. The van der Waals surface area contributed by atoms with E-state index in [0.717, 1.165) is 12.1 Å². The maximum Gasteiger partial charge on any atom is 0.534 e. The predicted octanol–water partition coefficient (Wildman–Crippen LogP) is 3.43. The summed E-state index contributed by atoms with van der Waals surface area (Å²) >= 11 is 0. The average molecular weight is 426 g/mol. The van der Waals surface area contributed by atoms with Crippen LogP contribution in [0.15, 0.2) is 30.3 Å². The number of phenols is 1. The smallest absolute Gasteiger partial charge is 0.504 e. The maximum atomic E-state index is 12.5. The Morgan fingerprint density at radius 3 is 2.03 bits per heavy atom. The molecule has 1 N–H and O–H groups in total. The van der Waals surface area contributed by atoms with Gasteiger partial charge in [-0.05, 0) is 46.5 Å². The van der Waals surface area contributed by atoms with Gasteiger partial charge >= 0.3 is 15.6 Å². The highest BCUT2D eigenvalue weighted by Gasteiger charge is 2.48. The SMILES string of the molecule is COc1cc(CC#N)c(-c2ccc(OS(=O)(=O)C(F)(F)F)c(O)c2)c(CC#N)c1. The highest BCUT2D eigenvalue weighted by molar-refractivity contribution is 7.88. The summed E-state index contributed by atoms with van der Waals surface area (Å²) in [4.78, 5) is 0. The third-order valence-corrected chi connectivity index (χ3v) is 4.75. The number of halogens is 3. The Morgan fingerprint density at radius 2 is 1.62 bits per heavy atom. The molecule has 0 spiro atoms. The molecule has 7 nitrogen and oxygen atoms in total. The van der Waals surface area contributed by atoms with Crippen LogP contribution in [0.4, 0.5) is 13.2 Å². The summed E-state index contributed by atoms with van der Waals surface area (Å²) in [5.74, 6) is -1.38. The minimum atomic E-state index is -5.96. The van der Waals surface area contributed by atoms with E-state index in [1.807, 2.05) is 12.1 Å². The van der Waals surface area contributed by atoms with Gasteiger partial charge in [-0.2, -0.15) is 32.1 Å². The molecule has 29 heavy (non-hydrogen) atoms. The Labute approximate surface area is 164 Å². The van der Waals surface area contributed by atoms with Crippen LogP contribution in [-0.4, -0.2) is 26.1 Å². The Bertz CT molecular complexity index is 1080. The van der Waals surface area contributed by atoms with E-state index in [9.17, 15) is 26.7 Å². The van der Waals surface area contributed by atoms with Crippen LogP contribution in [0.1, 0.15) is 11.1 Å². The van der Waals surface area contributed by atoms with Gasteiger partial charge in [0.25, 0.3) is 0 Å². The summed E-state index contributed by atoms with van der Waals surface area (Å²) in [6.45, 7) is 0. The molecule has 2 aromatic carbocycles. The van der Waals surface area contributed by atoms with Crippen molar-refractivity contribution < 1.29 is 35.6 Å². The van der Waals surface area contributed by atoms with E-state index in [1.165, 1.54) is 13.2 Å². The highest BCUT2D eigenvalue weighted by atomic mass is 32.2. The third kappa shape index (κ3) is 4.70. The van der Waals surface area contributed by atoms with E-state index in [2.05, 4.69) is 4.18 Å². The lowest BCUT2D eigenvalue weighted by atomic mass is 9.91. The first kappa shape index (κ1) is 21.9. The molecule has 0 saturated heterocycles. The van der Waals surface area contributed by atoms with Gasteiger partial charge in [0.1, 0.15) is 5.75 Å². The summed E-state index contributed by atoms with van der Waals surface area (Å²) in [7, 11) is -4.55. The number of hydrogen-bond acceptors (Lipinski definition) is 7. The van der Waals surface area contributed by atoms with Crippen LogP contribution >= 0.6 is 0 Å². The molecular weight excluding hydrogens is 413 g/mol.